The van der Waals surface area contributed by atoms with E-state index in [1.165, 1.54) is 38.5 Å². The zero-order valence-corrected chi connectivity index (χ0v) is 25.8. The van der Waals surface area contributed by atoms with Crippen LogP contribution >= 0.6 is 0 Å². The van der Waals surface area contributed by atoms with Gasteiger partial charge in [-0.05, 0) is 73.2 Å². The first-order valence-electron chi connectivity index (χ1n) is 16.0. The first-order valence-corrected chi connectivity index (χ1v) is 16.0. The highest BCUT2D eigenvalue weighted by Gasteiger charge is 2.16. The van der Waals surface area contributed by atoms with Crippen molar-refractivity contribution >= 4 is 11.6 Å². The average molecular weight is 593 g/mol. The summed E-state index contributed by atoms with van der Waals surface area (Å²) in [6.45, 7) is 4.97. The molecule has 1 fully saturated rings. The van der Waals surface area contributed by atoms with Crippen LogP contribution in [-0.2, 0) is 6.42 Å². The molecule has 0 aliphatic carbocycles. The zero-order chi connectivity index (χ0) is 30.6. The summed E-state index contributed by atoms with van der Waals surface area (Å²) in [7, 11) is 0. The van der Waals surface area contributed by atoms with Gasteiger partial charge >= 0.3 is 0 Å². The van der Waals surface area contributed by atoms with E-state index in [4.69, 9.17) is 4.74 Å². The number of rotatable bonds is 15. The Morgan fingerprint density at radius 2 is 1.50 bits per heavy atom. The number of nitrogens with one attached hydrogen (secondary N) is 1. The number of aliphatic hydroxyl groups is 1. The Morgan fingerprint density at radius 1 is 0.841 bits per heavy atom. The molecule has 1 amide bonds. The summed E-state index contributed by atoms with van der Waals surface area (Å²) in [5.74, 6) is 1.35. The normalized spacial score (nSPS) is 13.5. The topological polar surface area (TPSA) is 87.6 Å². The molecule has 0 saturated carbocycles. The Balaban J connectivity index is 1.11. The van der Waals surface area contributed by atoms with Crippen LogP contribution in [0.15, 0.2) is 85.2 Å². The fraction of sp³-hybridized carbons (Fsp3) is 0.378. The molecule has 230 valence electrons. The Kier molecular flexibility index (Phi) is 11.4. The standard InChI is InChI=1S/C37H44N4O3/c1-2-3-4-5-8-23-44-35-19-15-29(16-20-35)32-25-38-36(39-26-32)30-11-9-28(10-12-30)24-33(27-42)40-37(43)31-13-17-34(18-14-31)41-21-6-7-22-41/h9-20,25-26,33,42H,2-8,21-24,27H2,1H3,(H,40,43)/t33-/m0/s1. The van der Waals surface area contributed by atoms with Gasteiger partial charge in [0.05, 0.1) is 19.3 Å². The van der Waals surface area contributed by atoms with E-state index in [9.17, 15) is 9.90 Å². The molecule has 1 aliphatic rings. The molecule has 44 heavy (non-hydrogen) atoms. The van der Waals surface area contributed by atoms with Gasteiger partial charge in [0.15, 0.2) is 5.82 Å². The van der Waals surface area contributed by atoms with Crippen LogP contribution in [0.3, 0.4) is 0 Å². The van der Waals surface area contributed by atoms with Gasteiger partial charge in [0, 0.05) is 47.9 Å². The van der Waals surface area contributed by atoms with Crippen LogP contribution in [0, 0.1) is 0 Å². The fourth-order valence-electron chi connectivity index (χ4n) is 5.57. The van der Waals surface area contributed by atoms with Crippen LogP contribution in [0.2, 0.25) is 0 Å². The maximum absolute atomic E-state index is 12.8. The maximum Gasteiger partial charge on any atom is 0.251 e. The second-order valence-electron chi connectivity index (χ2n) is 11.6. The van der Waals surface area contributed by atoms with E-state index in [0.717, 1.165) is 59.8 Å². The number of anilines is 1. The molecule has 7 nitrogen and oxygen atoms in total. The lowest BCUT2D eigenvalue weighted by atomic mass is 10.0. The molecule has 2 N–H and O–H groups in total. The SMILES string of the molecule is CCCCCCCOc1ccc(-c2cnc(-c3ccc(C[C@@H](CO)NC(=O)c4ccc(N5CCCC5)cc4)cc3)nc2)cc1. The predicted molar refractivity (Wildman–Crippen MR) is 177 cm³/mol. The molecule has 4 aromatic rings. The third-order valence-corrected chi connectivity index (χ3v) is 8.21. The number of carbonyl (C=O) groups excluding carboxylic acids is 1. The summed E-state index contributed by atoms with van der Waals surface area (Å²) < 4.78 is 5.89. The summed E-state index contributed by atoms with van der Waals surface area (Å²) in [6, 6.07) is 23.4. The number of carbonyl (C=O) groups is 1. The van der Waals surface area contributed by atoms with Crippen molar-refractivity contribution in [2.75, 3.05) is 31.2 Å². The van der Waals surface area contributed by atoms with Crippen LogP contribution < -0.4 is 15.0 Å². The molecule has 1 atom stereocenters. The summed E-state index contributed by atoms with van der Waals surface area (Å²) in [6.07, 6.45) is 12.8. The molecule has 2 heterocycles. The number of amides is 1. The molecule has 3 aromatic carbocycles. The zero-order valence-electron chi connectivity index (χ0n) is 25.8. The molecule has 0 unspecified atom stereocenters. The molecule has 5 rings (SSSR count). The summed E-state index contributed by atoms with van der Waals surface area (Å²) >= 11 is 0. The molecule has 0 radical (unpaired) electrons. The van der Waals surface area contributed by atoms with E-state index in [1.807, 2.05) is 85.2 Å². The monoisotopic (exact) mass is 592 g/mol. The molecule has 1 saturated heterocycles. The number of aromatic nitrogens is 2. The summed E-state index contributed by atoms with van der Waals surface area (Å²) in [5, 5.41) is 12.9. The largest absolute Gasteiger partial charge is 0.494 e. The first-order chi connectivity index (χ1) is 21.6. The number of hydrogen-bond donors (Lipinski definition) is 2. The molecular formula is C37H44N4O3. The number of hydrogen-bond acceptors (Lipinski definition) is 6. The van der Waals surface area contributed by atoms with Gasteiger partial charge in [-0.25, -0.2) is 9.97 Å². The molecule has 0 spiro atoms. The van der Waals surface area contributed by atoms with E-state index in [-0.39, 0.29) is 18.6 Å². The second-order valence-corrected chi connectivity index (χ2v) is 11.6. The van der Waals surface area contributed by atoms with Gasteiger partial charge < -0.3 is 20.1 Å². The van der Waals surface area contributed by atoms with Gasteiger partial charge in [0.25, 0.3) is 5.91 Å². The highest BCUT2D eigenvalue weighted by atomic mass is 16.5. The van der Waals surface area contributed by atoms with Crippen LogP contribution in [0.4, 0.5) is 5.69 Å². The first kappa shape index (κ1) is 31.2. The average Bonchev–Trinajstić information content (AvgIpc) is 3.62. The lowest BCUT2D eigenvalue weighted by molar-refractivity contribution is 0.0916. The van der Waals surface area contributed by atoms with Crippen molar-refractivity contribution in [1.82, 2.24) is 15.3 Å². The van der Waals surface area contributed by atoms with E-state index >= 15 is 0 Å². The van der Waals surface area contributed by atoms with Gasteiger partial charge in [0.1, 0.15) is 5.75 Å². The molecule has 1 aromatic heterocycles. The van der Waals surface area contributed by atoms with Crippen molar-refractivity contribution in [2.45, 2.75) is 64.3 Å². The van der Waals surface area contributed by atoms with Crippen molar-refractivity contribution < 1.29 is 14.6 Å². The van der Waals surface area contributed by atoms with E-state index < -0.39 is 0 Å². The van der Waals surface area contributed by atoms with Crippen LogP contribution in [-0.4, -0.2) is 53.3 Å². The number of nitrogens with zero attached hydrogens (tertiary/aromatic N) is 3. The van der Waals surface area contributed by atoms with E-state index in [0.29, 0.717) is 17.8 Å². The minimum Gasteiger partial charge on any atom is -0.494 e. The van der Waals surface area contributed by atoms with Crippen LogP contribution in [0.1, 0.15) is 67.8 Å². The van der Waals surface area contributed by atoms with Gasteiger partial charge in [-0.15, -0.1) is 0 Å². The molecule has 1 aliphatic heterocycles. The lowest BCUT2D eigenvalue weighted by Crippen LogP contribution is -2.39. The Labute approximate surface area is 261 Å². The van der Waals surface area contributed by atoms with Crippen molar-refractivity contribution in [3.8, 4) is 28.3 Å². The highest BCUT2D eigenvalue weighted by Crippen LogP contribution is 2.24. The quantitative estimate of drug-likeness (QED) is 0.143. The Hall–Kier alpha value is -4.23. The van der Waals surface area contributed by atoms with Crippen LogP contribution in [0.5, 0.6) is 5.75 Å². The van der Waals surface area contributed by atoms with Crippen molar-refractivity contribution in [1.29, 1.82) is 0 Å². The third kappa shape index (κ3) is 8.66. The number of ether oxygens (including phenoxy) is 1. The van der Waals surface area contributed by atoms with Crippen molar-refractivity contribution in [3.63, 3.8) is 0 Å². The highest BCUT2D eigenvalue weighted by molar-refractivity contribution is 5.94. The van der Waals surface area contributed by atoms with Crippen molar-refractivity contribution in [3.05, 3.63) is 96.3 Å². The molecular weight excluding hydrogens is 548 g/mol. The van der Waals surface area contributed by atoms with Gasteiger partial charge in [0.2, 0.25) is 0 Å². The van der Waals surface area contributed by atoms with Gasteiger partial charge in [-0.2, -0.15) is 0 Å². The molecule has 0 bridgehead atoms. The summed E-state index contributed by atoms with van der Waals surface area (Å²) in [4.78, 5) is 24.4. The number of aliphatic hydroxyl groups excluding tert-OH is 1. The predicted octanol–water partition coefficient (Wildman–Crippen LogP) is 7.09. The summed E-state index contributed by atoms with van der Waals surface area (Å²) in [5.41, 5.74) is 5.66. The third-order valence-electron chi connectivity index (χ3n) is 8.21. The lowest BCUT2D eigenvalue weighted by Gasteiger charge is -2.19. The minimum absolute atomic E-state index is 0.143. The van der Waals surface area contributed by atoms with Crippen LogP contribution in [0.25, 0.3) is 22.5 Å². The number of benzene rings is 3. The van der Waals surface area contributed by atoms with E-state index in [1.54, 1.807) is 0 Å². The van der Waals surface area contributed by atoms with Gasteiger partial charge in [-0.1, -0.05) is 69.0 Å². The second kappa shape index (κ2) is 16.0. The molecule has 7 heteroatoms. The fourth-order valence-corrected chi connectivity index (χ4v) is 5.57. The maximum atomic E-state index is 12.8. The minimum atomic E-state index is -0.385. The Bertz CT molecular complexity index is 1430. The van der Waals surface area contributed by atoms with E-state index in [2.05, 4.69) is 27.1 Å². The smallest absolute Gasteiger partial charge is 0.251 e. The van der Waals surface area contributed by atoms with Crippen molar-refractivity contribution in [2.24, 2.45) is 0 Å². The number of unbranched alkanes of at least 4 members (excludes halogenated alkanes) is 4. The van der Waals surface area contributed by atoms with Gasteiger partial charge in [-0.3, -0.25) is 4.79 Å². The Morgan fingerprint density at radius 3 is 2.16 bits per heavy atom.